The third kappa shape index (κ3) is 1.78. The molecular formula is C13H9BrClN3. The molecule has 2 N–H and O–H groups in total. The third-order valence-corrected chi connectivity index (χ3v) is 3.58. The number of nitrogens with two attached hydrogens (primary N) is 1. The zero-order valence-electron chi connectivity index (χ0n) is 9.27. The Morgan fingerprint density at radius 2 is 1.89 bits per heavy atom. The van der Waals surface area contributed by atoms with E-state index in [-0.39, 0.29) is 0 Å². The second-order valence-electron chi connectivity index (χ2n) is 3.90. The molecule has 0 saturated carbocycles. The molecule has 3 nitrogen and oxygen atoms in total. The molecule has 18 heavy (non-hydrogen) atoms. The van der Waals surface area contributed by atoms with E-state index in [1.165, 1.54) is 0 Å². The highest BCUT2D eigenvalue weighted by atomic mass is 79.9. The van der Waals surface area contributed by atoms with Gasteiger partial charge in [-0.15, -0.1) is 0 Å². The highest BCUT2D eigenvalue weighted by molar-refractivity contribution is 9.10. The minimum Gasteiger partial charge on any atom is -0.383 e. The molecule has 2 aromatic heterocycles. The molecule has 0 atom stereocenters. The average Bonchev–Trinajstić information content (AvgIpc) is 2.70. The second-order valence-corrected chi connectivity index (χ2v) is 5.23. The van der Waals surface area contributed by atoms with Crippen LogP contribution < -0.4 is 5.73 Å². The van der Waals surface area contributed by atoms with E-state index < -0.39 is 0 Å². The quantitative estimate of drug-likeness (QED) is 0.736. The fourth-order valence-corrected chi connectivity index (χ4v) is 2.34. The Hall–Kier alpha value is -1.52. The third-order valence-electron chi connectivity index (χ3n) is 2.76. The Labute approximate surface area is 117 Å². The lowest BCUT2D eigenvalue weighted by Gasteiger charge is -1.99. The number of pyridine rings is 1. The van der Waals surface area contributed by atoms with Crippen molar-refractivity contribution < 1.29 is 0 Å². The first kappa shape index (κ1) is 11.6. The van der Waals surface area contributed by atoms with Gasteiger partial charge < -0.3 is 5.73 Å². The zero-order valence-corrected chi connectivity index (χ0v) is 11.6. The maximum Gasteiger partial charge on any atom is 0.157 e. The molecule has 3 aromatic rings. The van der Waals surface area contributed by atoms with Crippen molar-refractivity contribution in [2.75, 3.05) is 5.73 Å². The van der Waals surface area contributed by atoms with E-state index in [1.807, 2.05) is 36.5 Å². The summed E-state index contributed by atoms with van der Waals surface area (Å²) in [6.45, 7) is 0. The van der Waals surface area contributed by atoms with Crippen LogP contribution in [0.15, 0.2) is 47.1 Å². The standard InChI is InChI=1S/C13H9BrClN3/c14-9-5-3-8(4-6-9)11-12(16)18-7-1-2-10(15)13(18)17-11/h1-7H,16H2. The van der Waals surface area contributed by atoms with Crippen molar-refractivity contribution in [1.29, 1.82) is 0 Å². The summed E-state index contributed by atoms with van der Waals surface area (Å²) in [5.74, 6) is 0.592. The van der Waals surface area contributed by atoms with Gasteiger partial charge in [-0.1, -0.05) is 39.7 Å². The summed E-state index contributed by atoms with van der Waals surface area (Å²) in [6.07, 6.45) is 1.85. The summed E-state index contributed by atoms with van der Waals surface area (Å²) in [7, 11) is 0. The Balaban J connectivity index is 2.27. The number of halogens is 2. The summed E-state index contributed by atoms with van der Waals surface area (Å²) in [6, 6.07) is 11.5. The molecule has 0 fully saturated rings. The van der Waals surface area contributed by atoms with Crippen LogP contribution in [0.3, 0.4) is 0 Å². The molecule has 2 heterocycles. The number of anilines is 1. The molecular weight excluding hydrogens is 314 g/mol. The van der Waals surface area contributed by atoms with Crippen molar-refractivity contribution >= 4 is 39.0 Å². The molecule has 90 valence electrons. The van der Waals surface area contributed by atoms with Crippen LogP contribution in [0.5, 0.6) is 0 Å². The van der Waals surface area contributed by atoms with Gasteiger partial charge in [0, 0.05) is 16.2 Å². The van der Waals surface area contributed by atoms with Crippen molar-refractivity contribution in [3.8, 4) is 11.3 Å². The van der Waals surface area contributed by atoms with Crippen LogP contribution in [0.2, 0.25) is 5.02 Å². The van der Waals surface area contributed by atoms with Crippen LogP contribution in [0.25, 0.3) is 16.9 Å². The Morgan fingerprint density at radius 3 is 2.56 bits per heavy atom. The maximum absolute atomic E-state index is 6.11. The zero-order chi connectivity index (χ0) is 12.7. The van der Waals surface area contributed by atoms with Crippen LogP contribution in [-0.2, 0) is 0 Å². The molecule has 0 aliphatic heterocycles. The molecule has 0 spiro atoms. The number of imidazole rings is 1. The fraction of sp³-hybridized carbons (Fsp3) is 0. The molecule has 0 amide bonds. The summed E-state index contributed by atoms with van der Waals surface area (Å²) in [5, 5.41) is 0.590. The van der Waals surface area contributed by atoms with E-state index in [0.717, 1.165) is 15.7 Å². The first-order valence-electron chi connectivity index (χ1n) is 5.35. The lowest BCUT2D eigenvalue weighted by Crippen LogP contribution is -1.93. The van der Waals surface area contributed by atoms with E-state index in [9.17, 15) is 0 Å². The molecule has 1 aromatic carbocycles. The predicted molar refractivity (Wildman–Crippen MR) is 77.8 cm³/mol. The smallest absolute Gasteiger partial charge is 0.157 e. The first-order valence-corrected chi connectivity index (χ1v) is 6.52. The van der Waals surface area contributed by atoms with Crippen LogP contribution in [0, 0.1) is 0 Å². The normalized spacial score (nSPS) is 11.0. The van der Waals surface area contributed by atoms with E-state index in [0.29, 0.717) is 16.5 Å². The Morgan fingerprint density at radius 1 is 1.17 bits per heavy atom. The molecule has 0 radical (unpaired) electrons. The largest absolute Gasteiger partial charge is 0.383 e. The number of hydrogen-bond acceptors (Lipinski definition) is 2. The van der Waals surface area contributed by atoms with Crippen LogP contribution in [0.4, 0.5) is 5.82 Å². The minimum absolute atomic E-state index is 0.590. The average molecular weight is 323 g/mol. The van der Waals surface area contributed by atoms with Crippen molar-refractivity contribution in [3.63, 3.8) is 0 Å². The number of nitrogens with zero attached hydrogens (tertiary/aromatic N) is 2. The number of fused-ring (bicyclic) bond motifs is 1. The molecule has 0 aliphatic rings. The van der Waals surface area contributed by atoms with Crippen molar-refractivity contribution in [2.24, 2.45) is 0 Å². The van der Waals surface area contributed by atoms with Gasteiger partial charge in [0.1, 0.15) is 11.5 Å². The highest BCUT2D eigenvalue weighted by Gasteiger charge is 2.12. The second kappa shape index (κ2) is 4.30. The lowest BCUT2D eigenvalue weighted by molar-refractivity contribution is 1.20. The van der Waals surface area contributed by atoms with Gasteiger partial charge in [-0.05, 0) is 24.3 Å². The fourth-order valence-electron chi connectivity index (χ4n) is 1.87. The van der Waals surface area contributed by atoms with Crippen molar-refractivity contribution in [3.05, 3.63) is 52.1 Å². The van der Waals surface area contributed by atoms with Gasteiger partial charge in [-0.25, -0.2) is 4.98 Å². The van der Waals surface area contributed by atoms with E-state index in [1.54, 1.807) is 10.5 Å². The lowest BCUT2D eigenvalue weighted by atomic mass is 10.1. The van der Waals surface area contributed by atoms with E-state index >= 15 is 0 Å². The SMILES string of the molecule is Nc1c(-c2ccc(Br)cc2)nc2c(Cl)cccn12. The van der Waals surface area contributed by atoms with E-state index in [2.05, 4.69) is 20.9 Å². The predicted octanol–water partition coefficient (Wildman–Crippen LogP) is 4.00. The number of aromatic nitrogens is 2. The monoisotopic (exact) mass is 321 g/mol. The van der Waals surface area contributed by atoms with Crippen molar-refractivity contribution in [2.45, 2.75) is 0 Å². The summed E-state index contributed by atoms with van der Waals surface area (Å²) in [5.41, 5.74) is 8.50. The van der Waals surface area contributed by atoms with Gasteiger partial charge >= 0.3 is 0 Å². The van der Waals surface area contributed by atoms with Crippen molar-refractivity contribution in [1.82, 2.24) is 9.38 Å². The summed E-state index contributed by atoms with van der Waals surface area (Å²) < 4.78 is 2.81. The number of rotatable bonds is 1. The number of hydrogen-bond donors (Lipinski definition) is 1. The molecule has 0 unspecified atom stereocenters. The van der Waals surface area contributed by atoms with Crippen LogP contribution in [0.1, 0.15) is 0 Å². The minimum atomic E-state index is 0.590. The van der Waals surface area contributed by atoms with Gasteiger partial charge in [0.15, 0.2) is 5.65 Å². The molecule has 0 aliphatic carbocycles. The van der Waals surface area contributed by atoms with Gasteiger partial charge in [0.25, 0.3) is 0 Å². The molecule has 5 heteroatoms. The molecule has 0 saturated heterocycles. The Bertz CT molecular complexity index is 719. The van der Waals surface area contributed by atoms with E-state index in [4.69, 9.17) is 17.3 Å². The van der Waals surface area contributed by atoms with Gasteiger partial charge in [0.2, 0.25) is 0 Å². The number of benzene rings is 1. The molecule has 0 bridgehead atoms. The van der Waals surface area contributed by atoms with Crippen LogP contribution in [-0.4, -0.2) is 9.38 Å². The Kier molecular flexibility index (Phi) is 2.76. The maximum atomic E-state index is 6.11. The highest BCUT2D eigenvalue weighted by Crippen LogP contribution is 2.29. The first-order chi connectivity index (χ1) is 8.66. The number of nitrogen functional groups attached to an aromatic ring is 1. The van der Waals surface area contributed by atoms with Gasteiger partial charge in [-0.3, -0.25) is 4.40 Å². The summed E-state index contributed by atoms with van der Waals surface area (Å²) in [4.78, 5) is 4.50. The van der Waals surface area contributed by atoms with Gasteiger partial charge in [-0.2, -0.15) is 0 Å². The van der Waals surface area contributed by atoms with Gasteiger partial charge in [0.05, 0.1) is 5.02 Å². The summed E-state index contributed by atoms with van der Waals surface area (Å²) >= 11 is 9.51. The molecule has 3 rings (SSSR count). The topological polar surface area (TPSA) is 43.3 Å². The van der Waals surface area contributed by atoms with Crippen LogP contribution >= 0.6 is 27.5 Å².